The standard InChI is InChI=1S/C10H12Cl3O4P/c1-3-5-15-18(14,16-6-4-2)17-8-9(11)7-10(12)13/h3-4,7-8H,1-2,5-6H2/b9-8+. The summed E-state index contributed by atoms with van der Waals surface area (Å²) >= 11 is 16.4. The van der Waals surface area contributed by atoms with Crippen LogP contribution in [0.3, 0.4) is 0 Å². The van der Waals surface area contributed by atoms with Gasteiger partial charge in [-0.1, -0.05) is 47.0 Å². The highest BCUT2D eigenvalue weighted by Gasteiger charge is 2.25. The third-order valence-electron chi connectivity index (χ3n) is 1.24. The van der Waals surface area contributed by atoms with Gasteiger partial charge in [0.1, 0.15) is 10.8 Å². The van der Waals surface area contributed by atoms with Crippen LogP contribution in [-0.2, 0) is 18.1 Å². The molecule has 0 spiro atoms. The monoisotopic (exact) mass is 332 g/mol. The van der Waals surface area contributed by atoms with Gasteiger partial charge >= 0.3 is 7.82 Å². The molecule has 0 amide bonds. The third kappa shape index (κ3) is 8.81. The van der Waals surface area contributed by atoms with Crippen molar-refractivity contribution in [2.75, 3.05) is 13.2 Å². The second-order valence-corrected chi connectivity index (χ2v) is 5.72. The topological polar surface area (TPSA) is 44.8 Å². The van der Waals surface area contributed by atoms with Crippen LogP contribution in [0.25, 0.3) is 0 Å². The molecule has 4 nitrogen and oxygen atoms in total. The van der Waals surface area contributed by atoms with Gasteiger partial charge < -0.3 is 4.52 Å². The van der Waals surface area contributed by atoms with E-state index < -0.39 is 7.82 Å². The molecule has 0 heterocycles. The number of phosphoric ester groups is 1. The van der Waals surface area contributed by atoms with Gasteiger partial charge in [-0.2, -0.15) is 0 Å². The molecular formula is C10H12Cl3O4P. The van der Waals surface area contributed by atoms with Crippen molar-refractivity contribution in [1.82, 2.24) is 0 Å². The van der Waals surface area contributed by atoms with E-state index in [9.17, 15) is 4.57 Å². The van der Waals surface area contributed by atoms with Gasteiger partial charge in [-0.05, 0) is 6.08 Å². The minimum Gasteiger partial charge on any atom is -0.410 e. The quantitative estimate of drug-likeness (QED) is 0.260. The lowest BCUT2D eigenvalue weighted by atomic mass is 10.6. The fourth-order valence-corrected chi connectivity index (χ4v) is 2.22. The number of hydrogen-bond donors (Lipinski definition) is 0. The van der Waals surface area contributed by atoms with Crippen molar-refractivity contribution in [3.8, 4) is 0 Å². The number of rotatable bonds is 9. The number of phosphoric acid groups is 1. The first kappa shape index (κ1) is 17.8. The second kappa shape index (κ2) is 9.68. The van der Waals surface area contributed by atoms with Crippen molar-refractivity contribution in [1.29, 1.82) is 0 Å². The summed E-state index contributed by atoms with van der Waals surface area (Å²) in [7, 11) is -3.77. The van der Waals surface area contributed by atoms with Gasteiger partial charge in [0.05, 0.1) is 18.2 Å². The van der Waals surface area contributed by atoms with Gasteiger partial charge in [0.2, 0.25) is 0 Å². The molecule has 0 aliphatic rings. The molecule has 0 atom stereocenters. The number of halogens is 3. The summed E-state index contributed by atoms with van der Waals surface area (Å²) in [6.45, 7) is 6.81. The van der Waals surface area contributed by atoms with E-state index in [-0.39, 0.29) is 22.7 Å². The molecule has 0 radical (unpaired) electrons. The molecular weight excluding hydrogens is 321 g/mol. The van der Waals surface area contributed by atoms with E-state index in [2.05, 4.69) is 13.2 Å². The highest BCUT2D eigenvalue weighted by atomic mass is 35.5. The van der Waals surface area contributed by atoms with Crippen LogP contribution in [-0.4, -0.2) is 13.2 Å². The van der Waals surface area contributed by atoms with Crippen molar-refractivity contribution < 1.29 is 18.1 Å². The van der Waals surface area contributed by atoms with Gasteiger partial charge in [-0.15, -0.1) is 13.2 Å². The van der Waals surface area contributed by atoms with Crippen LogP contribution in [0.2, 0.25) is 0 Å². The summed E-state index contributed by atoms with van der Waals surface area (Å²) in [5.41, 5.74) is 0. The van der Waals surface area contributed by atoms with Crippen LogP contribution in [0.1, 0.15) is 0 Å². The van der Waals surface area contributed by atoms with Crippen molar-refractivity contribution in [2.45, 2.75) is 0 Å². The number of hydrogen-bond acceptors (Lipinski definition) is 4. The summed E-state index contributed by atoms with van der Waals surface area (Å²) in [6.07, 6.45) is 4.94. The highest BCUT2D eigenvalue weighted by Crippen LogP contribution is 2.50. The lowest BCUT2D eigenvalue weighted by Crippen LogP contribution is -1.97. The Morgan fingerprint density at radius 1 is 1.11 bits per heavy atom. The molecule has 0 saturated carbocycles. The van der Waals surface area contributed by atoms with E-state index in [0.717, 1.165) is 6.26 Å². The Balaban J connectivity index is 4.67. The Morgan fingerprint density at radius 2 is 1.61 bits per heavy atom. The fraction of sp³-hybridized carbons (Fsp3) is 0.200. The molecule has 0 aromatic heterocycles. The minimum absolute atomic E-state index is 0.00796. The molecule has 0 aromatic carbocycles. The molecule has 0 N–H and O–H groups in total. The molecule has 0 aromatic rings. The molecule has 0 unspecified atom stereocenters. The van der Waals surface area contributed by atoms with Crippen LogP contribution < -0.4 is 0 Å². The molecule has 0 fully saturated rings. The van der Waals surface area contributed by atoms with E-state index in [1.165, 1.54) is 18.2 Å². The summed E-state index contributed by atoms with van der Waals surface area (Å²) < 4.78 is 26.5. The molecule has 0 aliphatic heterocycles. The zero-order valence-electron chi connectivity index (χ0n) is 9.35. The highest BCUT2D eigenvalue weighted by molar-refractivity contribution is 7.48. The largest absolute Gasteiger partial charge is 0.530 e. The lowest BCUT2D eigenvalue weighted by molar-refractivity contribution is 0.165. The summed E-state index contributed by atoms with van der Waals surface area (Å²) in [4.78, 5) is 0. The zero-order valence-corrected chi connectivity index (χ0v) is 12.5. The third-order valence-corrected chi connectivity index (χ3v) is 2.95. The molecule has 0 rings (SSSR count). The maximum Gasteiger partial charge on any atom is 0.530 e. The summed E-state index contributed by atoms with van der Waals surface area (Å²) in [5.74, 6) is 0. The van der Waals surface area contributed by atoms with E-state index in [1.54, 1.807) is 0 Å². The van der Waals surface area contributed by atoms with Crippen molar-refractivity contribution in [2.24, 2.45) is 0 Å². The first-order chi connectivity index (χ1) is 8.43. The van der Waals surface area contributed by atoms with Crippen molar-refractivity contribution in [3.63, 3.8) is 0 Å². The van der Waals surface area contributed by atoms with E-state index >= 15 is 0 Å². The zero-order chi connectivity index (χ0) is 14.0. The SMILES string of the molecule is C=CCOP(=O)(O/C=C(/Cl)C=C(Cl)Cl)OCC=C. The molecule has 18 heavy (non-hydrogen) atoms. The average molecular weight is 334 g/mol. The van der Waals surface area contributed by atoms with Gasteiger partial charge in [-0.3, -0.25) is 9.05 Å². The van der Waals surface area contributed by atoms with Crippen LogP contribution in [0, 0.1) is 0 Å². The number of allylic oxidation sites excluding steroid dienone is 2. The fourth-order valence-electron chi connectivity index (χ4n) is 0.639. The Kier molecular flexibility index (Phi) is 9.56. The van der Waals surface area contributed by atoms with E-state index in [1.807, 2.05) is 0 Å². The Labute approximate surface area is 121 Å². The van der Waals surface area contributed by atoms with Crippen LogP contribution in [0.4, 0.5) is 0 Å². The van der Waals surface area contributed by atoms with Crippen molar-refractivity contribution >= 4 is 42.6 Å². The first-order valence-corrected chi connectivity index (χ1v) is 7.20. The predicted molar refractivity (Wildman–Crippen MR) is 74.7 cm³/mol. The average Bonchev–Trinajstić information content (AvgIpc) is 2.31. The Bertz CT molecular complexity index is 373. The van der Waals surface area contributed by atoms with Crippen molar-refractivity contribution in [3.05, 3.63) is 47.2 Å². The summed E-state index contributed by atoms with van der Waals surface area (Å²) in [6, 6.07) is 0. The first-order valence-electron chi connectivity index (χ1n) is 4.61. The predicted octanol–water partition coefficient (Wildman–Crippen LogP) is 4.92. The normalized spacial score (nSPS) is 11.8. The maximum absolute atomic E-state index is 12.0. The molecule has 0 bridgehead atoms. The molecule has 8 heteroatoms. The second-order valence-electron chi connectivity index (χ2n) is 2.66. The Morgan fingerprint density at radius 3 is 2.00 bits per heavy atom. The minimum atomic E-state index is -3.77. The Hall–Kier alpha value is -0.220. The molecule has 102 valence electrons. The van der Waals surface area contributed by atoms with E-state index in [4.69, 9.17) is 48.4 Å². The van der Waals surface area contributed by atoms with Crippen LogP contribution >= 0.6 is 42.6 Å². The lowest BCUT2D eigenvalue weighted by Gasteiger charge is -2.14. The van der Waals surface area contributed by atoms with Crippen LogP contribution in [0.5, 0.6) is 0 Å². The van der Waals surface area contributed by atoms with Gasteiger partial charge in [0.25, 0.3) is 0 Å². The molecule has 0 aliphatic carbocycles. The molecule has 0 saturated heterocycles. The maximum atomic E-state index is 12.0. The van der Waals surface area contributed by atoms with Gasteiger partial charge in [-0.25, -0.2) is 4.57 Å². The van der Waals surface area contributed by atoms with Gasteiger partial charge in [0.15, 0.2) is 0 Å². The summed E-state index contributed by atoms with van der Waals surface area (Å²) in [5, 5.41) is 0.0274. The van der Waals surface area contributed by atoms with Crippen LogP contribution in [0.15, 0.2) is 47.2 Å². The smallest absolute Gasteiger partial charge is 0.410 e. The van der Waals surface area contributed by atoms with Gasteiger partial charge in [0, 0.05) is 0 Å². The van der Waals surface area contributed by atoms with E-state index in [0.29, 0.717) is 0 Å².